The largest absolute Gasteiger partial charge is 0.347 e. The van der Waals surface area contributed by atoms with Gasteiger partial charge in [0, 0.05) is 39.0 Å². The molecule has 37 heavy (non-hydrogen) atoms. The molecule has 0 radical (unpaired) electrons. The second-order valence-corrected chi connectivity index (χ2v) is 11.5. The molecule has 2 fully saturated rings. The van der Waals surface area contributed by atoms with Gasteiger partial charge in [0.15, 0.2) is 5.78 Å². The van der Waals surface area contributed by atoms with Crippen LogP contribution in [0.25, 0.3) is 0 Å². The van der Waals surface area contributed by atoms with Crippen LogP contribution in [0.1, 0.15) is 81.4 Å². The molecule has 2 aromatic carbocycles. The van der Waals surface area contributed by atoms with Crippen LogP contribution in [0.15, 0.2) is 54.6 Å². The lowest BCUT2D eigenvalue weighted by atomic mass is 9.71. The minimum absolute atomic E-state index is 0.0215. The number of amides is 1. The summed E-state index contributed by atoms with van der Waals surface area (Å²) in [6, 6.07) is 19.0. The van der Waals surface area contributed by atoms with E-state index in [4.69, 9.17) is 0 Å². The lowest BCUT2D eigenvalue weighted by Crippen LogP contribution is -2.57. The van der Waals surface area contributed by atoms with Crippen LogP contribution in [-0.4, -0.2) is 42.8 Å². The van der Waals surface area contributed by atoms with Crippen LogP contribution < -0.4 is 10.6 Å². The van der Waals surface area contributed by atoms with E-state index in [0.29, 0.717) is 5.78 Å². The summed E-state index contributed by atoms with van der Waals surface area (Å²) in [7, 11) is 0. The summed E-state index contributed by atoms with van der Waals surface area (Å²) in [6.45, 7) is 5.17. The van der Waals surface area contributed by atoms with Crippen LogP contribution >= 0.6 is 0 Å². The minimum Gasteiger partial charge on any atom is -0.347 e. The summed E-state index contributed by atoms with van der Waals surface area (Å²) >= 11 is 0. The number of nitrogens with one attached hydrogen (secondary N) is 2. The second kappa shape index (κ2) is 11.5. The molecule has 0 bridgehead atoms. The van der Waals surface area contributed by atoms with Crippen molar-refractivity contribution in [3.8, 4) is 0 Å². The van der Waals surface area contributed by atoms with Crippen LogP contribution in [0.2, 0.25) is 0 Å². The zero-order chi connectivity index (χ0) is 25.7. The van der Waals surface area contributed by atoms with Gasteiger partial charge in [-0.1, -0.05) is 80.3 Å². The zero-order valence-corrected chi connectivity index (χ0v) is 22.4. The zero-order valence-electron chi connectivity index (χ0n) is 22.4. The molecule has 2 N–H and O–H groups in total. The molecule has 198 valence electrons. The third kappa shape index (κ3) is 5.53. The number of hydrogen-bond acceptors (Lipinski definition) is 4. The van der Waals surface area contributed by atoms with Gasteiger partial charge in [-0.3, -0.25) is 9.59 Å². The summed E-state index contributed by atoms with van der Waals surface area (Å²) in [4.78, 5) is 29.0. The monoisotopic (exact) mass is 501 g/mol. The Balaban J connectivity index is 1.34. The molecule has 3 aliphatic rings. The maximum Gasteiger partial charge on any atom is 0.217 e. The van der Waals surface area contributed by atoms with Crippen molar-refractivity contribution in [1.82, 2.24) is 15.5 Å². The number of benzene rings is 2. The van der Waals surface area contributed by atoms with Gasteiger partial charge in [0.25, 0.3) is 0 Å². The first-order valence-electron chi connectivity index (χ1n) is 14.5. The number of piperidine rings is 1. The fourth-order valence-electron chi connectivity index (χ4n) is 7.18. The number of nitrogens with zero attached hydrogens (tertiary/aromatic N) is 1. The molecule has 0 aromatic heterocycles. The van der Waals surface area contributed by atoms with E-state index in [-0.39, 0.29) is 17.4 Å². The van der Waals surface area contributed by atoms with Gasteiger partial charge in [-0.2, -0.15) is 0 Å². The van der Waals surface area contributed by atoms with Crippen LogP contribution in [0, 0.1) is 5.92 Å². The second-order valence-electron chi connectivity index (χ2n) is 11.5. The summed E-state index contributed by atoms with van der Waals surface area (Å²) in [5.74, 6) is 0.608. The Labute approximate surface area is 222 Å². The summed E-state index contributed by atoms with van der Waals surface area (Å²) in [5, 5.41) is 7.07. The highest BCUT2D eigenvalue weighted by Gasteiger charge is 2.46. The number of hydrogen-bond donors (Lipinski definition) is 2. The van der Waals surface area contributed by atoms with E-state index in [1.54, 1.807) is 6.92 Å². The molecule has 1 atom stereocenters. The maximum atomic E-state index is 14.3. The van der Waals surface area contributed by atoms with E-state index in [1.807, 2.05) is 6.07 Å². The highest BCUT2D eigenvalue weighted by Crippen LogP contribution is 2.39. The molecule has 1 aliphatic carbocycles. The third-order valence-corrected chi connectivity index (χ3v) is 9.20. The molecule has 1 amide bonds. The van der Waals surface area contributed by atoms with Gasteiger partial charge < -0.3 is 15.5 Å². The minimum atomic E-state index is -0.588. The van der Waals surface area contributed by atoms with Gasteiger partial charge in [-0.05, 0) is 55.2 Å². The number of ketones is 1. The SMILES string of the molecule is CC(=O)NC1(c2ccccc2)CCN(CCC2(C(=O)C3CCCCCC3)NCCc3ccccc32)CC1. The Bertz CT molecular complexity index is 1070. The van der Waals surface area contributed by atoms with Crippen molar-refractivity contribution in [3.05, 3.63) is 71.3 Å². The van der Waals surface area contributed by atoms with Crippen molar-refractivity contribution < 1.29 is 9.59 Å². The van der Waals surface area contributed by atoms with E-state index in [2.05, 4.69) is 64.1 Å². The normalized spacial score (nSPS) is 24.6. The molecular formula is C32H43N3O2. The molecule has 2 aromatic rings. The molecule has 5 rings (SSSR count). The summed E-state index contributed by atoms with van der Waals surface area (Å²) < 4.78 is 0. The van der Waals surface area contributed by atoms with E-state index in [0.717, 1.165) is 64.7 Å². The predicted molar refractivity (Wildman–Crippen MR) is 148 cm³/mol. The highest BCUT2D eigenvalue weighted by molar-refractivity contribution is 5.92. The Morgan fingerprint density at radius 2 is 1.62 bits per heavy atom. The first-order chi connectivity index (χ1) is 18.0. The van der Waals surface area contributed by atoms with Crippen molar-refractivity contribution in [2.75, 3.05) is 26.2 Å². The lowest BCUT2D eigenvalue weighted by Gasteiger charge is -2.45. The van der Waals surface area contributed by atoms with Crippen molar-refractivity contribution in [2.24, 2.45) is 5.92 Å². The fourth-order valence-corrected chi connectivity index (χ4v) is 7.18. The molecule has 1 saturated heterocycles. The smallest absolute Gasteiger partial charge is 0.217 e. The van der Waals surface area contributed by atoms with Gasteiger partial charge in [0.05, 0.1) is 5.54 Å². The van der Waals surface area contributed by atoms with Gasteiger partial charge in [-0.25, -0.2) is 0 Å². The molecular weight excluding hydrogens is 458 g/mol. The molecule has 2 heterocycles. The lowest BCUT2D eigenvalue weighted by molar-refractivity contribution is -0.131. The van der Waals surface area contributed by atoms with Crippen molar-refractivity contribution >= 4 is 11.7 Å². The molecule has 1 unspecified atom stereocenters. The Morgan fingerprint density at radius 1 is 0.946 bits per heavy atom. The van der Waals surface area contributed by atoms with Crippen LogP contribution in [0.3, 0.4) is 0 Å². The summed E-state index contributed by atoms with van der Waals surface area (Å²) in [6.07, 6.45) is 10.5. The van der Waals surface area contributed by atoms with E-state index < -0.39 is 5.54 Å². The van der Waals surface area contributed by atoms with Gasteiger partial charge >= 0.3 is 0 Å². The number of rotatable bonds is 7. The molecule has 0 spiro atoms. The van der Waals surface area contributed by atoms with Gasteiger partial charge in [-0.15, -0.1) is 0 Å². The Hall–Kier alpha value is -2.50. The third-order valence-electron chi connectivity index (χ3n) is 9.20. The first-order valence-corrected chi connectivity index (χ1v) is 14.5. The summed E-state index contributed by atoms with van der Waals surface area (Å²) in [5.41, 5.74) is 2.83. The van der Waals surface area contributed by atoms with Crippen LogP contribution in [0.4, 0.5) is 0 Å². The highest BCUT2D eigenvalue weighted by atomic mass is 16.1. The van der Waals surface area contributed by atoms with Crippen LogP contribution in [0.5, 0.6) is 0 Å². The average molecular weight is 502 g/mol. The van der Waals surface area contributed by atoms with Crippen molar-refractivity contribution in [3.63, 3.8) is 0 Å². The van der Waals surface area contributed by atoms with E-state index >= 15 is 0 Å². The van der Waals surface area contributed by atoms with Crippen molar-refractivity contribution in [1.29, 1.82) is 0 Å². The number of carbonyl (C=O) groups excluding carboxylic acids is 2. The number of carbonyl (C=O) groups is 2. The number of fused-ring (bicyclic) bond motifs is 1. The van der Waals surface area contributed by atoms with Crippen molar-refractivity contribution in [2.45, 2.75) is 82.2 Å². The standard InChI is InChI=1S/C32H43N3O2/c1-25(36)34-31(28-14-7-4-8-15-28)18-22-35(23-19-31)24-20-32(30(37)27-12-5-2-3-6-13-27)29-16-10-9-11-26(29)17-21-33-32/h4,7-11,14-16,27,33H,2-3,5-6,12-13,17-24H2,1H3,(H,34,36). The van der Waals surface area contributed by atoms with Gasteiger partial charge in [0.2, 0.25) is 5.91 Å². The first kappa shape index (κ1) is 26.1. The van der Waals surface area contributed by atoms with Crippen LogP contribution in [-0.2, 0) is 27.1 Å². The average Bonchev–Trinajstić information content (AvgIpc) is 3.22. The maximum absolute atomic E-state index is 14.3. The van der Waals surface area contributed by atoms with Gasteiger partial charge in [0.1, 0.15) is 5.54 Å². The molecule has 1 saturated carbocycles. The fraction of sp³-hybridized carbons (Fsp3) is 0.562. The quantitative estimate of drug-likeness (QED) is 0.519. The molecule has 5 nitrogen and oxygen atoms in total. The number of Topliss-reactive ketones (excluding diaryl/α,β-unsaturated/α-hetero) is 1. The number of likely N-dealkylation sites (tertiary alicyclic amines) is 1. The molecule has 5 heteroatoms. The Kier molecular flexibility index (Phi) is 8.11. The Morgan fingerprint density at radius 3 is 2.32 bits per heavy atom. The van der Waals surface area contributed by atoms with E-state index in [9.17, 15) is 9.59 Å². The molecule has 2 aliphatic heterocycles. The van der Waals surface area contributed by atoms with E-state index in [1.165, 1.54) is 42.4 Å². The predicted octanol–water partition coefficient (Wildman–Crippen LogP) is 5.08. The topological polar surface area (TPSA) is 61.4 Å².